The van der Waals surface area contributed by atoms with E-state index in [1.165, 1.54) is 0 Å². The molecule has 4 rings (SSSR count). The number of pyridine rings is 1. The first-order valence-electron chi connectivity index (χ1n) is 8.49. The van der Waals surface area contributed by atoms with E-state index in [-0.39, 0.29) is 11.8 Å². The zero-order valence-electron chi connectivity index (χ0n) is 14.1. The Labute approximate surface area is 145 Å². The fraction of sp³-hybridized carbons (Fsp3) is 0.316. The number of ether oxygens (including phenoxy) is 1. The maximum Gasteiger partial charge on any atom is 0.272 e. The number of nitrogens with zero attached hydrogens (tertiary/aromatic N) is 3. The maximum absolute atomic E-state index is 12.8. The lowest BCUT2D eigenvalue weighted by Crippen LogP contribution is -2.39. The number of H-pyrrole nitrogens is 1. The molecule has 0 radical (unpaired) electrons. The fourth-order valence-electron chi connectivity index (χ4n) is 3.36. The lowest BCUT2D eigenvalue weighted by Gasteiger charge is -2.31. The van der Waals surface area contributed by atoms with Crippen molar-refractivity contribution in [2.45, 2.75) is 18.8 Å². The topological polar surface area (TPSA) is 71.1 Å². The molecule has 3 aromatic rings. The molecule has 0 spiro atoms. The molecule has 0 unspecified atom stereocenters. The monoisotopic (exact) mass is 336 g/mol. The Morgan fingerprint density at radius 2 is 2.08 bits per heavy atom. The highest BCUT2D eigenvalue weighted by molar-refractivity contribution is 5.92. The Kier molecular flexibility index (Phi) is 4.09. The van der Waals surface area contributed by atoms with Crippen LogP contribution in [-0.2, 0) is 0 Å². The lowest BCUT2D eigenvalue weighted by atomic mass is 9.97. The Morgan fingerprint density at radius 1 is 1.20 bits per heavy atom. The van der Waals surface area contributed by atoms with Gasteiger partial charge in [0, 0.05) is 25.1 Å². The van der Waals surface area contributed by atoms with Gasteiger partial charge in [-0.3, -0.25) is 4.79 Å². The van der Waals surface area contributed by atoms with E-state index in [0.29, 0.717) is 18.1 Å². The van der Waals surface area contributed by atoms with Crippen molar-refractivity contribution in [3.63, 3.8) is 0 Å². The summed E-state index contributed by atoms with van der Waals surface area (Å²) < 4.78 is 5.12. The van der Waals surface area contributed by atoms with Gasteiger partial charge in [-0.1, -0.05) is 18.2 Å². The number of carbonyl (C=O) groups excluding carboxylic acids is 1. The number of nitrogens with one attached hydrogen (secondary N) is 1. The third-order valence-electron chi connectivity index (χ3n) is 4.65. The van der Waals surface area contributed by atoms with E-state index in [1.807, 2.05) is 29.2 Å². The smallest absolute Gasteiger partial charge is 0.272 e. The average molecular weight is 336 g/mol. The molecule has 0 aliphatic carbocycles. The van der Waals surface area contributed by atoms with Crippen molar-refractivity contribution in [2.75, 3.05) is 20.2 Å². The van der Waals surface area contributed by atoms with Crippen LogP contribution in [0.1, 0.15) is 35.1 Å². The molecule has 1 atom stereocenters. The molecule has 1 aliphatic heterocycles. The predicted molar refractivity (Wildman–Crippen MR) is 94.8 cm³/mol. The van der Waals surface area contributed by atoms with E-state index >= 15 is 0 Å². The Morgan fingerprint density at radius 3 is 2.92 bits per heavy atom. The molecule has 6 nitrogen and oxygen atoms in total. The van der Waals surface area contributed by atoms with Gasteiger partial charge < -0.3 is 14.6 Å². The van der Waals surface area contributed by atoms with Crippen LogP contribution in [0.15, 0.2) is 42.5 Å². The second-order valence-corrected chi connectivity index (χ2v) is 6.29. The molecule has 2 aromatic heterocycles. The first-order chi connectivity index (χ1) is 12.2. The van der Waals surface area contributed by atoms with Crippen molar-refractivity contribution in [1.29, 1.82) is 0 Å². The number of hydrogen-bond donors (Lipinski definition) is 1. The van der Waals surface area contributed by atoms with E-state index in [2.05, 4.69) is 9.97 Å². The highest BCUT2D eigenvalue weighted by Gasteiger charge is 2.28. The van der Waals surface area contributed by atoms with Gasteiger partial charge in [0.1, 0.15) is 11.5 Å². The van der Waals surface area contributed by atoms with Gasteiger partial charge in [0.05, 0.1) is 18.1 Å². The third kappa shape index (κ3) is 3.07. The Balaban J connectivity index is 1.54. The molecule has 0 bridgehead atoms. The highest BCUT2D eigenvalue weighted by atomic mass is 16.5. The van der Waals surface area contributed by atoms with Gasteiger partial charge in [-0.2, -0.15) is 0 Å². The van der Waals surface area contributed by atoms with Crippen molar-refractivity contribution >= 4 is 16.9 Å². The number of methoxy groups -OCH3 is 1. The summed E-state index contributed by atoms with van der Waals surface area (Å²) in [5, 5.41) is 0. The van der Waals surface area contributed by atoms with Gasteiger partial charge in [-0.05, 0) is 31.0 Å². The number of imidazole rings is 1. The number of aromatic amines is 1. The summed E-state index contributed by atoms with van der Waals surface area (Å²) in [7, 11) is 1.55. The quantitative estimate of drug-likeness (QED) is 0.798. The summed E-state index contributed by atoms with van der Waals surface area (Å²) >= 11 is 0. The zero-order valence-corrected chi connectivity index (χ0v) is 14.1. The minimum Gasteiger partial charge on any atom is -0.481 e. The number of piperidine rings is 1. The van der Waals surface area contributed by atoms with Crippen molar-refractivity contribution in [3.8, 4) is 5.88 Å². The van der Waals surface area contributed by atoms with Crippen LogP contribution in [-0.4, -0.2) is 46.0 Å². The van der Waals surface area contributed by atoms with Crippen molar-refractivity contribution in [2.24, 2.45) is 0 Å². The third-order valence-corrected chi connectivity index (χ3v) is 4.65. The predicted octanol–water partition coefficient (Wildman–Crippen LogP) is 2.99. The molecule has 1 saturated heterocycles. The van der Waals surface area contributed by atoms with Gasteiger partial charge in [-0.15, -0.1) is 0 Å². The number of aromatic nitrogens is 3. The van der Waals surface area contributed by atoms with E-state index in [0.717, 1.165) is 36.2 Å². The molecule has 0 saturated carbocycles. The van der Waals surface area contributed by atoms with Crippen molar-refractivity contribution < 1.29 is 9.53 Å². The summed E-state index contributed by atoms with van der Waals surface area (Å²) in [5.74, 6) is 1.57. The maximum atomic E-state index is 12.8. The van der Waals surface area contributed by atoms with E-state index < -0.39 is 0 Å². The van der Waals surface area contributed by atoms with E-state index in [4.69, 9.17) is 9.72 Å². The molecule has 3 heterocycles. The largest absolute Gasteiger partial charge is 0.481 e. The summed E-state index contributed by atoms with van der Waals surface area (Å²) in [6.45, 7) is 1.39. The van der Waals surface area contributed by atoms with Gasteiger partial charge in [0.2, 0.25) is 5.88 Å². The van der Waals surface area contributed by atoms with Crippen LogP contribution < -0.4 is 4.74 Å². The summed E-state index contributed by atoms with van der Waals surface area (Å²) in [5.41, 5.74) is 2.43. The summed E-state index contributed by atoms with van der Waals surface area (Å²) in [6, 6.07) is 13.3. The number of amides is 1. The summed E-state index contributed by atoms with van der Waals surface area (Å²) in [6.07, 6.45) is 1.98. The Hall–Kier alpha value is -2.89. The molecule has 1 fully saturated rings. The molecule has 6 heteroatoms. The number of benzene rings is 1. The lowest BCUT2D eigenvalue weighted by molar-refractivity contribution is 0.0698. The van der Waals surface area contributed by atoms with Crippen LogP contribution in [0, 0.1) is 0 Å². The fourth-order valence-corrected chi connectivity index (χ4v) is 3.36. The second kappa shape index (κ2) is 6.55. The van der Waals surface area contributed by atoms with Crippen LogP contribution in [0.5, 0.6) is 5.88 Å². The second-order valence-electron chi connectivity index (χ2n) is 6.29. The van der Waals surface area contributed by atoms with Gasteiger partial charge in [0.15, 0.2) is 0 Å². The number of likely N-dealkylation sites (tertiary alicyclic amines) is 1. The molecule has 1 amide bonds. The molecule has 1 aromatic carbocycles. The molecular weight excluding hydrogens is 316 g/mol. The number of para-hydroxylation sites is 2. The van der Waals surface area contributed by atoms with Crippen LogP contribution in [0.25, 0.3) is 11.0 Å². The van der Waals surface area contributed by atoms with Gasteiger partial charge in [-0.25, -0.2) is 9.97 Å². The van der Waals surface area contributed by atoms with Gasteiger partial charge >= 0.3 is 0 Å². The standard InChI is InChI=1S/C19H20N4O2/c1-25-17-10-4-9-16(20-17)19(24)23-11-5-6-13(12-23)18-21-14-7-2-3-8-15(14)22-18/h2-4,7-10,13H,5-6,11-12H2,1H3,(H,21,22)/t13-/m1/s1. The average Bonchev–Trinajstić information content (AvgIpc) is 3.12. The zero-order chi connectivity index (χ0) is 17.2. The SMILES string of the molecule is COc1cccc(C(=O)N2CCC[C@@H](c3nc4ccccc4[nH]3)C2)n1. The Bertz CT molecular complexity index is 872. The normalized spacial score (nSPS) is 17.6. The highest BCUT2D eigenvalue weighted by Crippen LogP contribution is 2.27. The van der Waals surface area contributed by atoms with Crippen LogP contribution in [0.4, 0.5) is 0 Å². The van der Waals surface area contributed by atoms with Crippen LogP contribution >= 0.6 is 0 Å². The number of rotatable bonds is 3. The number of fused-ring (bicyclic) bond motifs is 1. The molecular formula is C19H20N4O2. The van der Waals surface area contributed by atoms with Crippen LogP contribution in [0.2, 0.25) is 0 Å². The number of carbonyl (C=O) groups is 1. The van der Waals surface area contributed by atoms with E-state index in [9.17, 15) is 4.79 Å². The van der Waals surface area contributed by atoms with Crippen molar-refractivity contribution in [3.05, 3.63) is 54.0 Å². The minimum atomic E-state index is -0.0558. The first-order valence-corrected chi connectivity index (χ1v) is 8.49. The molecule has 128 valence electrons. The van der Waals surface area contributed by atoms with E-state index in [1.54, 1.807) is 25.3 Å². The first kappa shape index (κ1) is 15.6. The number of hydrogen-bond acceptors (Lipinski definition) is 4. The van der Waals surface area contributed by atoms with Gasteiger partial charge in [0.25, 0.3) is 5.91 Å². The minimum absolute atomic E-state index is 0.0558. The van der Waals surface area contributed by atoms with Crippen molar-refractivity contribution in [1.82, 2.24) is 19.9 Å². The summed E-state index contributed by atoms with van der Waals surface area (Å²) in [4.78, 5) is 27.0. The molecule has 1 N–H and O–H groups in total. The molecule has 25 heavy (non-hydrogen) atoms. The van der Waals surface area contributed by atoms with Crippen LogP contribution in [0.3, 0.4) is 0 Å². The molecule has 1 aliphatic rings.